The smallest absolute Gasteiger partial charge is 0.302 e. The number of H-pyrrole nitrogens is 1. The molecule has 9 heteroatoms. The highest BCUT2D eigenvalue weighted by Crippen LogP contribution is 2.31. The Morgan fingerprint density at radius 3 is 2.41 bits per heavy atom. The van der Waals surface area contributed by atoms with E-state index in [0.717, 1.165) is 16.8 Å². The lowest BCUT2D eigenvalue weighted by Crippen LogP contribution is -2.14. The Morgan fingerprint density at radius 1 is 1.10 bits per heavy atom. The minimum absolute atomic E-state index is 0.162. The molecule has 0 saturated heterocycles. The molecule has 0 saturated carbocycles. The van der Waals surface area contributed by atoms with Gasteiger partial charge in [-0.15, -0.1) is 0 Å². The molecule has 3 rings (SSSR count). The first kappa shape index (κ1) is 20.9. The summed E-state index contributed by atoms with van der Waals surface area (Å²) in [5.41, 5.74) is 3.03. The van der Waals surface area contributed by atoms with Gasteiger partial charge in [-0.2, -0.15) is 5.10 Å². The number of esters is 1. The standard InChI is InChI=1S/C20H19ClN2O5S/c1-13(24)28-9-10-29(25,26)16-6-3-14(4-7-16)18-12-19(23-22-18)15-5-8-20(27-2)17(21)11-15/h3-8,11-12H,9-10H2,1-2H3,(H,22,23). The fourth-order valence-electron chi connectivity index (χ4n) is 2.70. The van der Waals surface area contributed by atoms with Crippen molar-refractivity contribution in [3.05, 3.63) is 53.6 Å². The van der Waals surface area contributed by atoms with Crippen LogP contribution in [-0.4, -0.2) is 44.1 Å². The van der Waals surface area contributed by atoms with Gasteiger partial charge < -0.3 is 9.47 Å². The molecule has 2 aromatic carbocycles. The SMILES string of the molecule is COc1ccc(-c2cc(-c3ccc(S(=O)(=O)CCOC(C)=O)cc3)[nH]n2)cc1Cl. The van der Waals surface area contributed by atoms with Crippen molar-refractivity contribution < 1.29 is 22.7 Å². The van der Waals surface area contributed by atoms with E-state index in [4.69, 9.17) is 21.1 Å². The van der Waals surface area contributed by atoms with Crippen LogP contribution in [0.1, 0.15) is 6.92 Å². The summed E-state index contributed by atoms with van der Waals surface area (Å²) in [5.74, 6) is -0.196. The molecule has 0 bridgehead atoms. The van der Waals surface area contributed by atoms with E-state index < -0.39 is 15.8 Å². The molecule has 0 spiro atoms. The molecule has 0 fully saturated rings. The third-order valence-corrected chi connectivity index (χ3v) is 6.20. The Kier molecular flexibility index (Phi) is 6.24. The number of aromatic nitrogens is 2. The Labute approximate surface area is 173 Å². The second-order valence-corrected chi connectivity index (χ2v) is 8.72. The minimum atomic E-state index is -3.53. The highest BCUT2D eigenvalue weighted by Gasteiger charge is 2.16. The second kappa shape index (κ2) is 8.67. The molecular formula is C20H19ClN2O5S. The van der Waals surface area contributed by atoms with Gasteiger partial charge in [0.15, 0.2) is 9.84 Å². The summed E-state index contributed by atoms with van der Waals surface area (Å²) >= 11 is 6.17. The van der Waals surface area contributed by atoms with Gasteiger partial charge in [0.25, 0.3) is 0 Å². The van der Waals surface area contributed by atoms with E-state index in [1.54, 1.807) is 31.4 Å². The van der Waals surface area contributed by atoms with E-state index in [1.165, 1.54) is 19.1 Å². The Bertz CT molecular complexity index is 1120. The van der Waals surface area contributed by atoms with E-state index in [-0.39, 0.29) is 17.3 Å². The molecule has 7 nitrogen and oxygen atoms in total. The van der Waals surface area contributed by atoms with E-state index in [2.05, 4.69) is 10.2 Å². The van der Waals surface area contributed by atoms with Crippen LogP contribution in [0.4, 0.5) is 0 Å². The van der Waals surface area contributed by atoms with Crippen molar-refractivity contribution in [2.75, 3.05) is 19.5 Å². The van der Waals surface area contributed by atoms with Gasteiger partial charge in [0.2, 0.25) is 0 Å². The van der Waals surface area contributed by atoms with Crippen LogP contribution in [0.15, 0.2) is 53.4 Å². The van der Waals surface area contributed by atoms with Crippen molar-refractivity contribution >= 4 is 27.4 Å². The van der Waals surface area contributed by atoms with Crippen molar-refractivity contribution in [3.8, 4) is 28.3 Å². The molecule has 0 amide bonds. The van der Waals surface area contributed by atoms with Gasteiger partial charge in [-0.3, -0.25) is 9.89 Å². The molecule has 1 aromatic heterocycles. The first-order valence-corrected chi connectivity index (χ1v) is 10.7. The summed E-state index contributed by atoms with van der Waals surface area (Å²) in [6.07, 6.45) is 0. The molecule has 0 aliphatic rings. The maximum Gasteiger partial charge on any atom is 0.302 e. The van der Waals surface area contributed by atoms with Crippen LogP contribution in [0.25, 0.3) is 22.5 Å². The molecular weight excluding hydrogens is 416 g/mol. The number of hydrogen-bond acceptors (Lipinski definition) is 6. The lowest BCUT2D eigenvalue weighted by Gasteiger charge is -2.06. The summed E-state index contributed by atoms with van der Waals surface area (Å²) in [5, 5.41) is 7.72. The van der Waals surface area contributed by atoms with Crippen molar-refractivity contribution in [3.63, 3.8) is 0 Å². The summed E-state index contributed by atoms with van der Waals surface area (Å²) in [6, 6.07) is 13.6. The Morgan fingerprint density at radius 2 is 1.79 bits per heavy atom. The van der Waals surface area contributed by atoms with Gasteiger partial charge in [0.1, 0.15) is 12.4 Å². The fourth-order valence-corrected chi connectivity index (χ4v) is 4.04. The van der Waals surface area contributed by atoms with Crippen LogP contribution in [-0.2, 0) is 19.4 Å². The van der Waals surface area contributed by atoms with Crippen molar-refractivity contribution in [2.24, 2.45) is 0 Å². The zero-order valence-corrected chi connectivity index (χ0v) is 17.4. The molecule has 0 radical (unpaired) electrons. The zero-order chi connectivity index (χ0) is 21.0. The predicted octanol–water partition coefficient (Wildman–Crippen LogP) is 3.74. The number of nitrogens with zero attached hydrogens (tertiary/aromatic N) is 1. The molecule has 0 aliphatic heterocycles. The number of carbonyl (C=O) groups excluding carboxylic acids is 1. The highest BCUT2D eigenvalue weighted by molar-refractivity contribution is 7.91. The maximum absolute atomic E-state index is 12.3. The average Bonchev–Trinajstić information content (AvgIpc) is 3.18. The van der Waals surface area contributed by atoms with Crippen LogP contribution < -0.4 is 4.74 Å². The lowest BCUT2D eigenvalue weighted by atomic mass is 10.1. The molecule has 29 heavy (non-hydrogen) atoms. The summed E-state index contributed by atoms with van der Waals surface area (Å²) in [4.78, 5) is 10.9. The molecule has 1 heterocycles. The van der Waals surface area contributed by atoms with E-state index in [1.807, 2.05) is 12.1 Å². The van der Waals surface area contributed by atoms with Crippen molar-refractivity contribution in [2.45, 2.75) is 11.8 Å². The topological polar surface area (TPSA) is 98.4 Å². The largest absolute Gasteiger partial charge is 0.495 e. The number of nitrogens with one attached hydrogen (secondary N) is 1. The zero-order valence-electron chi connectivity index (χ0n) is 15.8. The summed E-state index contributed by atoms with van der Waals surface area (Å²) in [6.45, 7) is 1.06. The number of halogens is 1. The summed E-state index contributed by atoms with van der Waals surface area (Å²) < 4.78 is 34.5. The molecule has 0 atom stereocenters. The normalized spacial score (nSPS) is 11.3. The fraction of sp³-hybridized carbons (Fsp3) is 0.200. The second-order valence-electron chi connectivity index (χ2n) is 6.20. The van der Waals surface area contributed by atoms with Gasteiger partial charge in [0, 0.05) is 12.5 Å². The maximum atomic E-state index is 12.3. The quantitative estimate of drug-likeness (QED) is 0.569. The number of sulfone groups is 1. The van der Waals surface area contributed by atoms with Gasteiger partial charge in [0.05, 0.1) is 34.2 Å². The first-order valence-electron chi connectivity index (χ1n) is 8.66. The first-order chi connectivity index (χ1) is 13.8. The number of aromatic amines is 1. The lowest BCUT2D eigenvalue weighted by molar-refractivity contribution is -0.140. The monoisotopic (exact) mass is 434 g/mol. The van der Waals surface area contributed by atoms with E-state index >= 15 is 0 Å². The molecule has 3 aromatic rings. The molecule has 152 valence electrons. The molecule has 1 N–H and O–H groups in total. The van der Waals surface area contributed by atoms with Crippen molar-refractivity contribution in [1.82, 2.24) is 10.2 Å². The Balaban J connectivity index is 1.77. The number of ether oxygens (including phenoxy) is 2. The highest BCUT2D eigenvalue weighted by atomic mass is 35.5. The molecule has 0 aliphatic carbocycles. The van der Waals surface area contributed by atoms with Gasteiger partial charge in [-0.05, 0) is 42.0 Å². The number of rotatable bonds is 7. The third-order valence-electron chi connectivity index (χ3n) is 4.21. The predicted molar refractivity (Wildman–Crippen MR) is 110 cm³/mol. The third kappa shape index (κ3) is 4.96. The van der Waals surface area contributed by atoms with Crippen molar-refractivity contribution in [1.29, 1.82) is 0 Å². The van der Waals surface area contributed by atoms with E-state index in [0.29, 0.717) is 16.5 Å². The van der Waals surface area contributed by atoms with Gasteiger partial charge >= 0.3 is 5.97 Å². The van der Waals surface area contributed by atoms with Gasteiger partial charge in [-0.25, -0.2) is 8.42 Å². The average molecular weight is 435 g/mol. The number of benzene rings is 2. The van der Waals surface area contributed by atoms with Crippen LogP contribution >= 0.6 is 11.6 Å². The summed E-state index contributed by atoms with van der Waals surface area (Å²) in [7, 11) is -1.98. The number of carbonyl (C=O) groups is 1. The Hall–Kier alpha value is -2.84. The van der Waals surface area contributed by atoms with Crippen LogP contribution in [0.5, 0.6) is 5.75 Å². The van der Waals surface area contributed by atoms with Crippen LogP contribution in [0.3, 0.4) is 0 Å². The number of methoxy groups -OCH3 is 1. The van der Waals surface area contributed by atoms with Crippen LogP contribution in [0, 0.1) is 0 Å². The van der Waals surface area contributed by atoms with E-state index in [9.17, 15) is 13.2 Å². The minimum Gasteiger partial charge on any atom is -0.495 e. The van der Waals surface area contributed by atoms with Crippen LogP contribution in [0.2, 0.25) is 5.02 Å². The molecule has 0 unspecified atom stereocenters. The number of hydrogen-bond donors (Lipinski definition) is 1. The van der Waals surface area contributed by atoms with Gasteiger partial charge in [-0.1, -0.05) is 23.7 Å².